The zero-order valence-electron chi connectivity index (χ0n) is 14.8. The largest absolute Gasteiger partial charge is 0.326 e. The van der Waals surface area contributed by atoms with Crippen LogP contribution in [0, 0.1) is 0 Å². The van der Waals surface area contributed by atoms with Crippen LogP contribution in [0.1, 0.15) is 55.0 Å². The first-order valence-corrected chi connectivity index (χ1v) is 9.14. The molecule has 0 fully saturated rings. The van der Waals surface area contributed by atoms with Crippen molar-refractivity contribution in [3.63, 3.8) is 0 Å². The van der Waals surface area contributed by atoms with Crippen molar-refractivity contribution in [2.75, 3.05) is 0 Å². The van der Waals surface area contributed by atoms with E-state index in [2.05, 4.69) is 13.0 Å². The van der Waals surface area contributed by atoms with E-state index in [1.165, 1.54) is 0 Å². The Morgan fingerprint density at radius 1 is 0.880 bits per heavy atom. The van der Waals surface area contributed by atoms with Gasteiger partial charge in [0.15, 0.2) is 0 Å². The van der Waals surface area contributed by atoms with Gasteiger partial charge in [0.1, 0.15) is 6.17 Å². The zero-order valence-corrected chi connectivity index (χ0v) is 14.8. The second-order valence-electron chi connectivity index (χ2n) is 6.70. The highest BCUT2D eigenvalue weighted by Crippen LogP contribution is 2.39. The van der Waals surface area contributed by atoms with Crippen molar-refractivity contribution in [3.05, 3.63) is 83.4 Å². The summed E-state index contributed by atoms with van der Waals surface area (Å²) in [5.41, 5.74) is 8.60. The molecular weight excluding hydrogens is 309 g/mol. The summed E-state index contributed by atoms with van der Waals surface area (Å²) in [4.78, 5) is 0. The van der Waals surface area contributed by atoms with Gasteiger partial charge >= 0.3 is 0 Å². The first kappa shape index (κ1) is 17.6. The minimum Gasteiger partial charge on any atom is -0.326 e. The molecule has 2 unspecified atom stereocenters. The highest BCUT2D eigenvalue weighted by molar-refractivity contribution is 5.83. The number of alkyl halides is 1. The Bertz CT molecular complexity index is 810. The molecule has 0 saturated heterocycles. The fourth-order valence-electron chi connectivity index (χ4n) is 3.42. The highest BCUT2D eigenvalue weighted by atomic mass is 19.1. The number of rotatable bonds is 7. The van der Waals surface area contributed by atoms with E-state index < -0.39 is 6.17 Å². The van der Waals surface area contributed by atoms with Gasteiger partial charge in [0.05, 0.1) is 0 Å². The first-order valence-electron chi connectivity index (χ1n) is 9.14. The van der Waals surface area contributed by atoms with Crippen LogP contribution in [0.15, 0.2) is 66.7 Å². The SMILES string of the molecule is CCCCC(c1ccc(CN)cc1)C(F)c1ccc2ccccc2c1. The molecule has 1 nitrogen and oxygen atoms in total. The van der Waals surface area contributed by atoms with Gasteiger partial charge in [-0.05, 0) is 39.9 Å². The van der Waals surface area contributed by atoms with E-state index in [-0.39, 0.29) is 5.92 Å². The Kier molecular flexibility index (Phi) is 5.83. The predicted octanol–water partition coefficient (Wildman–Crippen LogP) is 6.28. The van der Waals surface area contributed by atoms with Gasteiger partial charge in [-0.25, -0.2) is 4.39 Å². The van der Waals surface area contributed by atoms with E-state index in [1.54, 1.807) is 0 Å². The third-order valence-electron chi connectivity index (χ3n) is 4.96. The van der Waals surface area contributed by atoms with Crippen molar-refractivity contribution in [2.45, 2.75) is 44.8 Å². The van der Waals surface area contributed by atoms with Crippen LogP contribution in [-0.2, 0) is 6.54 Å². The van der Waals surface area contributed by atoms with Crippen molar-refractivity contribution in [2.24, 2.45) is 5.73 Å². The average molecular weight is 335 g/mol. The summed E-state index contributed by atoms with van der Waals surface area (Å²) in [7, 11) is 0. The lowest BCUT2D eigenvalue weighted by atomic mass is 9.85. The monoisotopic (exact) mass is 335 g/mol. The summed E-state index contributed by atoms with van der Waals surface area (Å²) in [6, 6.07) is 22.2. The lowest BCUT2D eigenvalue weighted by Crippen LogP contribution is -2.08. The van der Waals surface area contributed by atoms with Gasteiger partial charge in [-0.3, -0.25) is 0 Å². The number of benzene rings is 3. The molecular formula is C23H26FN. The molecule has 0 heterocycles. The molecule has 0 aliphatic rings. The fourth-order valence-corrected chi connectivity index (χ4v) is 3.42. The number of fused-ring (bicyclic) bond motifs is 1. The number of unbranched alkanes of at least 4 members (excludes halogenated alkanes) is 1. The summed E-state index contributed by atoms with van der Waals surface area (Å²) >= 11 is 0. The second kappa shape index (κ2) is 8.26. The van der Waals surface area contributed by atoms with Crippen LogP contribution in [-0.4, -0.2) is 0 Å². The van der Waals surface area contributed by atoms with Gasteiger partial charge in [-0.15, -0.1) is 0 Å². The van der Waals surface area contributed by atoms with Crippen LogP contribution >= 0.6 is 0 Å². The Morgan fingerprint density at radius 3 is 2.24 bits per heavy atom. The van der Waals surface area contributed by atoms with Gasteiger partial charge in [0.25, 0.3) is 0 Å². The molecule has 130 valence electrons. The average Bonchev–Trinajstić information content (AvgIpc) is 2.68. The summed E-state index contributed by atoms with van der Waals surface area (Å²) in [5, 5.41) is 2.24. The molecule has 2 heteroatoms. The maximum absolute atomic E-state index is 15.5. The van der Waals surface area contributed by atoms with E-state index in [4.69, 9.17) is 5.73 Å². The molecule has 0 bridgehead atoms. The van der Waals surface area contributed by atoms with Crippen molar-refractivity contribution in [1.29, 1.82) is 0 Å². The molecule has 0 saturated carbocycles. The van der Waals surface area contributed by atoms with Crippen LogP contribution in [0.25, 0.3) is 10.8 Å². The molecule has 0 aliphatic heterocycles. The van der Waals surface area contributed by atoms with Crippen LogP contribution in [0.5, 0.6) is 0 Å². The van der Waals surface area contributed by atoms with Crippen molar-refractivity contribution in [1.82, 2.24) is 0 Å². The second-order valence-corrected chi connectivity index (χ2v) is 6.70. The van der Waals surface area contributed by atoms with Crippen LogP contribution in [0.3, 0.4) is 0 Å². The molecule has 0 aromatic heterocycles. The molecule has 3 aromatic carbocycles. The third-order valence-corrected chi connectivity index (χ3v) is 4.96. The van der Waals surface area contributed by atoms with Crippen LogP contribution in [0.4, 0.5) is 4.39 Å². The highest BCUT2D eigenvalue weighted by Gasteiger charge is 2.24. The Hall–Kier alpha value is -2.19. The number of hydrogen-bond donors (Lipinski definition) is 1. The Balaban J connectivity index is 1.92. The predicted molar refractivity (Wildman–Crippen MR) is 104 cm³/mol. The lowest BCUT2D eigenvalue weighted by Gasteiger charge is -2.22. The Labute approximate surface area is 149 Å². The zero-order chi connectivity index (χ0) is 17.6. The molecule has 0 aliphatic carbocycles. The Morgan fingerprint density at radius 2 is 1.56 bits per heavy atom. The minimum atomic E-state index is -1.00. The summed E-state index contributed by atoms with van der Waals surface area (Å²) in [6.07, 6.45) is 1.95. The fraction of sp³-hybridized carbons (Fsp3) is 0.304. The van der Waals surface area contributed by atoms with Crippen LogP contribution in [0.2, 0.25) is 0 Å². The molecule has 0 radical (unpaired) electrons. The molecule has 3 aromatic rings. The van der Waals surface area contributed by atoms with E-state index in [0.29, 0.717) is 6.54 Å². The van der Waals surface area contributed by atoms with Gasteiger partial charge in [-0.1, -0.05) is 80.4 Å². The minimum absolute atomic E-state index is 0.118. The molecule has 25 heavy (non-hydrogen) atoms. The molecule has 3 rings (SSSR count). The number of halogens is 1. The van der Waals surface area contributed by atoms with Crippen molar-refractivity contribution < 1.29 is 4.39 Å². The van der Waals surface area contributed by atoms with Gasteiger partial charge in [0, 0.05) is 12.5 Å². The lowest BCUT2D eigenvalue weighted by molar-refractivity contribution is 0.274. The molecule has 2 N–H and O–H groups in total. The maximum atomic E-state index is 15.5. The summed E-state index contributed by atoms with van der Waals surface area (Å²) < 4.78 is 15.5. The summed E-state index contributed by atoms with van der Waals surface area (Å²) in [5.74, 6) is -0.118. The third kappa shape index (κ3) is 4.08. The standard InChI is InChI=1S/C23H26FN/c1-2-3-8-22(19-11-9-17(16-25)10-12-19)23(24)21-14-13-18-6-4-5-7-20(18)15-21/h4-7,9-15,22-23H,2-3,8,16,25H2,1H3. The van der Waals surface area contributed by atoms with Crippen LogP contribution < -0.4 is 5.73 Å². The van der Waals surface area contributed by atoms with E-state index in [1.807, 2.05) is 60.7 Å². The topological polar surface area (TPSA) is 26.0 Å². The first-order chi connectivity index (χ1) is 12.2. The van der Waals surface area contributed by atoms with Crippen molar-refractivity contribution >= 4 is 10.8 Å². The molecule has 0 amide bonds. The maximum Gasteiger partial charge on any atom is 0.132 e. The van der Waals surface area contributed by atoms with Gasteiger partial charge in [-0.2, -0.15) is 0 Å². The normalized spacial score (nSPS) is 13.7. The van der Waals surface area contributed by atoms with E-state index in [0.717, 1.165) is 46.7 Å². The summed E-state index contributed by atoms with van der Waals surface area (Å²) in [6.45, 7) is 2.67. The van der Waals surface area contributed by atoms with Gasteiger partial charge in [0.2, 0.25) is 0 Å². The molecule has 0 spiro atoms. The number of nitrogens with two attached hydrogens (primary N) is 1. The number of hydrogen-bond acceptors (Lipinski definition) is 1. The van der Waals surface area contributed by atoms with E-state index >= 15 is 4.39 Å². The van der Waals surface area contributed by atoms with Gasteiger partial charge < -0.3 is 5.73 Å². The smallest absolute Gasteiger partial charge is 0.132 e. The van der Waals surface area contributed by atoms with E-state index in [9.17, 15) is 0 Å². The quantitative estimate of drug-likeness (QED) is 0.540. The van der Waals surface area contributed by atoms with Crippen molar-refractivity contribution in [3.8, 4) is 0 Å². The molecule has 2 atom stereocenters.